The first kappa shape index (κ1) is 12.6. The molecule has 94 valence electrons. The molecule has 3 nitrogen and oxygen atoms in total. The summed E-state index contributed by atoms with van der Waals surface area (Å²) < 4.78 is 0. The number of hydrogen-bond acceptors (Lipinski definition) is 3. The minimum Gasteiger partial charge on any atom is -0.329 e. The molecule has 0 amide bonds. The van der Waals surface area contributed by atoms with Crippen molar-refractivity contribution in [3.63, 3.8) is 0 Å². The SMILES string of the molecule is CC1CN(C)C(CN)CN1Cc1ccccc1. The Bertz CT molecular complexity index is 339. The molecule has 1 aromatic rings. The van der Waals surface area contributed by atoms with Gasteiger partial charge in [0.1, 0.15) is 0 Å². The Balaban J connectivity index is 2.00. The van der Waals surface area contributed by atoms with Crippen molar-refractivity contribution >= 4 is 0 Å². The minimum absolute atomic E-state index is 0.495. The highest BCUT2D eigenvalue weighted by Crippen LogP contribution is 2.16. The number of nitrogens with zero attached hydrogens (tertiary/aromatic N) is 2. The van der Waals surface area contributed by atoms with Gasteiger partial charge in [-0.2, -0.15) is 0 Å². The molecule has 17 heavy (non-hydrogen) atoms. The van der Waals surface area contributed by atoms with Crippen molar-refractivity contribution in [2.75, 3.05) is 26.7 Å². The maximum Gasteiger partial charge on any atom is 0.0343 e. The molecular formula is C14H23N3. The fraction of sp³-hybridized carbons (Fsp3) is 0.571. The lowest BCUT2D eigenvalue weighted by molar-refractivity contribution is 0.0505. The summed E-state index contributed by atoms with van der Waals surface area (Å²) in [7, 11) is 2.17. The smallest absolute Gasteiger partial charge is 0.0343 e. The van der Waals surface area contributed by atoms with Gasteiger partial charge in [0.2, 0.25) is 0 Å². The van der Waals surface area contributed by atoms with E-state index in [2.05, 4.69) is 54.1 Å². The highest BCUT2D eigenvalue weighted by Gasteiger charge is 2.28. The topological polar surface area (TPSA) is 32.5 Å². The van der Waals surface area contributed by atoms with Gasteiger partial charge in [-0.25, -0.2) is 0 Å². The van der Waals surface area contributed by atoms with Crippen LogP contribution in [0.4, 0.5) is 0 Å². The molecule has 2 rings (SSSR count). The molecule has 0 saturated carbocycles. The van der Waals surface area contributed by atoms with Crippen LogP contribution in [0.15, 0.2) is 30.3 Å². The Morgan fingerprint density at radius 1 is 1.24 bits per heavy atom. The van der Waals surface area contributed by atoms with Crippen molar-refractivity contribution in [2.45, 2.75) is 25.6 Å². The zero-order valence-corrected chi connectivity index (χ0v) is 10.8. The largest absolute Gasteiger partial charge is 0.329 e. The second-order valence-electron chi connectivity index (χ2n) is 5.09. The van der Waals surface area contributed by atoms with Crippen LogP contribution in [0.3, 0.4) is 0 Å². The quantitative estimate of drug-likeness (QED) is 0.850. The number of piperazine rings is 1. The molecule has 1 aliphatic heterocycles. The molecule has 1 heterocycles. The van der Waals surface area contributed by atoms with E-state index in [1.165, 1.54) is 5.56 Å². The second kappa shape index (κ2) is 5.63. The molecule has 0 aromatic heterocycles. The standard InChI is InChI=1S/C14H23N3/c1-12-9-16(2)14(8-15)11-17(12)10-13-6-4-3-5-7-13/h3-7,12,14H,8-11,15H2,1-2H3. The van der Waals surface area contributed by atoms with Crippen molar-refractivity contribution in [1.29, 1.82) is 0 Å². The lowest BCUT2D eigenvalue weighted by atomic mass is 10.1. The molecule has 0 aliphatic carbocycles. The number of nitrogens with two attached hydrogens (primary N) is 1. The lowest BCUT2D eigenvalue weighted by Crippen LogP contribution is -2.57. The third-order valence-corrected chi connectivity index (χ3v) is 3.74. The number of hydrogen-bond donors (Lipinski definition) is 1. The van der Waals surface area contributed by atoms with Gasteiger partial charge in [0.15, 0.2) is 0 Å². The van der Waals surface area contributed by atoms with Crippen LogP contribution < -0.4 is 5.73 Å². The summed E-state index contributed by atoms with van der Waals surface area (Å²) in [6, 6.07) is 11.8. The Kier molecular flexibility index (Phi) is 4.15. The fourth-order valence-corrected chi connectivity index (χ4v) is 2.56. The first-order valence-corrected chi connectivity index (χ1v) is 6.39. The Labute approximate surface area is 104 Å². The first-order valence-electron chi connectivity index (χ1n) is 6.39. The maximum atomic E-state index is 5.83. The number of benzene rings is 1. The van der Waals surface area contributed by atoms with Gasteiger partial charge in [0.05, 0.1) is 0 Å². The summed E-state index contributed by atoms with van der Waals surface area (Å²) in [5, 5.41) is 0. The molecule has 1 saturated heterocycles. The van der Waals surface area contributed by atoms with E-state index < -0.39 is 0 Å². The summed E-state index contributed by atoms with van der Waals surface area (Å²) in [6.07, 6.45) is 0. The van der Waals surface area contributed by atoms with Gasteiger partial charge >= 0.3 is 0 Å². The molecule has 2 unspecified atom stereocenters. The molecule has 1 aromatic carbocycles. The zero-order valence-electron chi connectivity index (χ0n) is 10.8. The van der Waals surface area contributed by atoms with Crippen molar-refractivity contribution in [2.24, 2.45) is 5.73 Å². The molecule has 3 heteroatoms. The minimum atomic E-state index is 0.495. The maximum absolute atomic E-state index is 5.83. The van der Waals surface area contributed by atoms with Crippen molar-refractivity contribution in [3.8, 4) is 0 Å². The van der Waals surface area contributed by atoms with E-state index in [9.17, 15) is 0 Å². The molecule has 0 spiro atoms. The van der Waals surface area contributed by atoms with Gasteiger partial charge in [-0.1, -0.05) is 30.3 Å². The van der Waals surface area contributed by atoms with Gasteiger partial charge in [-0.3, -0.25) is 9.80 Å². The lowest BCUT2D eigenvalue weighted by Gasteiger charge is -2.43. The monoisotopic (exact) mass is 233 g/mol. The van der Waals surface area contributed by atoms with Crippen molar-refractivity contribution in [1.82, 2.24) is 9.80 Å². The van der Waals surface area contributed by atoms with Crippen LogP contribution in [0, 0.1) is 0 Å². The Morgan fingerprint density at radius 2 is 1.94 bits per heavy atom. The van der Waals surface area contributed by atoms with Crippen LogP contribution in [0.1, 0.15) is 12.5 Å². The first-order chi connectivity index (χ1) is 8.20. The van der Waals surface area contributed by atoms with Crippen molar-refractivity contribution < 1.29 is 0 Å². The molecule has 0 bridgehead atoms. The highest BCUT2D eigenvalue weighted by atomic mass is 15.3. The summed E-state index contributed by atoms with van der Waals surface area (Å²) >= 11 is 0. The summed E-state index contributed by atoms with van der Waals surface area (Å²) in [5.41, 5.74) is 7.21. The predicted molar refractivity (Wildman–Crippen MR) is 71.8 cm³/mol. The number of rotatable bonds is 3. The van der Waals surface area contributed by atoms with Gasteiger partial charge in [-0.15, -0.1) is 0 Å². The Morgan fingerprint density at radius 3 is 2.59 bits per heavy atom. The second-order valence-corrected chi connectivity index (χ2v) is 5.09. The molecular weight excluding hydrogens is 210 g/mol. The third-order valence-electron chi connectivity index (χ3n) is 3.74. The van der Waals surface area contributed by atoms with E-state index >= 15 is 0 Å². The van der Waals surface area contributed by atoms with E-state index in [1.54, 1.807) is 0 Å². The van der Waals surface area contributed by atoms with E-state index in [-0.39, 0.29) is 0 Å². The van der Waals surface area contributed by atoms with Crippen LogP contribution in [0.2, 0.25) is 0 Å². The van der Waals surface area contributed by atoms with E-state index in [0.717, 1.165) is 26.2 Å². The summed E-state index contributed by atoms with van der Waals surface area (Å²) in [6.45, 7) is 6.25. The summed E-state index contributed by atoms with van der Waals surface area (Å²) in [4.78, 5) is 4.92. The molecule has 2 atom stereocenters. The van der Waals surface area contributed by atoms with Crippen molar-refractivity contribution in [3.05, 3.63) is 35.9 Å². The number of likely N-dealkylation sites (N-methyl/N-ethyl adjacent to an activating group) is 1. The molecule has 1 fully saturated rings. The van der Waals surface area contributed by atoms with E-state index in [1.807, 2.05) is 0 Å². The summed E-state index contributed by atoms with van der Waals surface area (Å²) in [5.74, 6) is 0. The van der Waals surface area contributed by atoms with Crippen LogP contribution >= 0.6 is 0 Å². The highest BCUT2D eigenvalue weighted by molar-refractivity contribution is 5.14. The average Bonchev–Trinajstić information content (AvgIpc) is 2.34. The normalized spacial score (nSPS) is 27.2. The van der Waals surface area contributed by atoms with Gasteiger partial charge in [-0.05, 0) is 19.5 Å². The Hall–Kier alpha value is -0.900. The van der Waals surface area contributed by atoms with Crippen LogP contribution in [-0.4, -0.2) is 48.6 Å². The third kappa shape index (κ3) is 3.06. The van der Waals surface area contributed by atoms with E-state index in [4.69, 9.17) is 5.73 Å². The van der Waals surface area contributed by atoms with Crippen LogP contribution in [-0.2, 0) is 6.54 Å². The van der Waals surface area contributed by atoms with Crippen LogP contribution in [0.25, 0.3) is 0 Å². The zero-order chi connectivity index (χ0) is 12.3. The van der Waals surface area contributed by atoms with Gasteiger partial charge < -0.3 is 5.73 Å². The molecule has 0 radical (unpaired) electrons. The van der Waals surface area contributed by atoms with E-state index in [0.29, 0.717) is 12.1 Å². The average molecular weight is 233 g/mol. The van der Waals surface area contributed by atoms with Crippen LogP contribution in [0.5, 0.6) is 0 Å². The van der Waals surface area contributed by atoms with Gasteiger partial charge in [0.25, 0.3) is 0 Å². The van der Waals surface area contributed by atoms with Gasteiger partial charge in [0, 0.05) is 38.3 Å². The predicted octanol–water partition coefficient (Wildman–Crippen LogP) is 1.15. The molecule has 1 aliphatic rings. The fourth-order valence-electron chi connectivity index (χ4n) is 2.56. The molecule has 2 N–H and O–H groups in total.